The number of hydrogen-bond acceptors (Lipinski definition) is 3. The summed E-state index contributed by atoms with van der Waals surface area (Å²) in [5, 5.41) is 3.39. The molecule has 0 aliphatic rings. The number of aryl methyl sites for hydroxylation is 1. The van der Waals surface area contributed by atoms with E-state index in [-0.39, 0.29) is 17.8 Å². The van der Waals surface area contributed by atoms with E-state index in [1.807, 2.05) is 0 Å². The number of hydrogen-bond donors (Lipinski definition) is 1. The van der Waals surface area contributed by atoms with E-state index < -0.39 is 11.3 Å². The van der Waals surface area contributed by atoms with Gasteiger partial charge in [0.2, 0.25) is 0 Å². The Kier molecular flexibility index (Phi) is 3.90. The molecule has 0 saturated heterocycles. The molecule has 0 aliphatic carbocycles. The Morgan fingerprint density at radius 1 is 1.25 bits per heavy atom. The molecule has 2 rings (SSSR count). The van der Waals surface area contributed by atoms with E-state index in [0.717, 1.165) is 0 Å². The lowest BCUT2D eigenvalue weighted by Gasteiger charge is -2.00. The molecule has 5 nitrogen and oxygen atoms in total. The third-order valence-corrected chi connectivity index (χ3v) is 3.10. The molecule has 0 radical (unpaired) electrons. The van der Waals surface area contributed by atoms with Crippen molar-refractivity contribution in [3.8, 4) is 5.69 Å². The number of halogens is 1. The number of carbonyl (C=O) groups is 2. The minimum Gasteiger partial charge on any atom is -0.300 e. The van der Waals surface area contributed by atoms with Gasteiger partial charge in [0, 0.05) is 10.7 Å². The van der Waals surface area contributed by atoms with Gasteiger partial charge in [0.25, 0.3) is 5.56 Å². The van der Waals surface area contributed by atoms with Crippen molar-refractivity contribution in [3.63, 3.8) is 0 Å². The van der Waals surface area contributed by atoms with Gasteiger partial charge in [0.15, 0.2) is 5.78 Å². The van der Waals surface area contributed by atoms with Gasteiger partial charge in [-0.2, -0.15) is 0 Å². The number of aromatic amines is 1. The highest BCUT2D eigenvalue weighted by Crippen LogP contribution is 2.13. The number of H-pyrrole nitrogens is 1. The summed E-state index contributed by atoms with van der Waals surface area (Å²) in [6.45, 7) is 2.94. The molecule has 0 saturated carbocycles. The zero-order valence-corrected chi connectivity index (χ0v) is 11.8. The van der Waals surface area contributed by atoms with Gasteiger partial charge in [-0.1, -0.05) is 11.6 Å². The monoisotopic (exact) mass is 292 g/mol. The number of ketones is 2. The SMILES string of the molecule is CC(=O)CC(=O)c1c(C)[nH]n(-c2ccc(Cl)cc2)c1=O. The van der Waals surface area contributed by atoms with Crippen molar-refractivity contribution in [3.05, 3.63) is 50.9 Å². The van der Waals surface area contributed by atoms with E-state index >= 15 is 0 Å². The highest BCUT2D eigenvalue weighted by atomic mass is 35.5. The van der Waals surface area contributed by atoms with Gasteiger partial charge in [-0.15, -0.1) is 0 Å². The quantitative estimate of drug-likeness (QED) is 0.694. The second kappa shape index (κ2) is 5.46. The van der Waals surface area contributed by atoms with Crippen LogP contribution >= 0.6 is 11.6 Å². The molecule has 104 valence electrons. The molecule has 1 heterocycles. The van der Waals surface area contributed by atoms with Gasteiger partial charge in [-0.05, 0) is 38.1 Å². The first-order valence-electron chi connectivity index (χ1n) is 6.00. The highest BCUT2D eigenvalue weighted by molar-refractivity contribution is 6.30. The fraction of sp³-hybridized carbons (Fsp3) is 0.214. The van der Waals surface area contributed by atoms with Crippen molar-refractivity contribution in [1.29, 1.82) is 0 Å². The average Bonchev–Trinajstić information content (AvgIpc) is 2.65. The first kappa shape index (κ1) is 14.3. The Labute approximate surface area is 120 Å². The van der Waals surface area contributed by atoms with Gasteiger partial charge >= 0.3 is 0 Å². The number of nitrogens with zero attached hydrogens (tertiary/aromatic N) is 1. The average molecular weight is 293 g/mol. The van der Waals surface area contributed by atoms with Crippen LogP contribution in [-0.2, 0) is 4.79 Å². The third-order valence-electron chi connectivity index (χ3n) is 2.84. The molecular formula is C14H13ClN2O3. The topological polar surface area (TPSA) is 71.9 Å². The number of carbonyl (C=O) groups excluding carboxylic acids is 2. The maximum atomic E-state index is 12.3. The van der Waals surface area contributed by atoms with Gasteiger partial charge in [-0.25, -0.2) is 4.68 Å². The van der Waals surface area contributed by atoms with Gasteiger partial charge in [0.05, 0.1) is 12.1 Å². The van der Waals surface area contributed by atoms with E-state index in [2.05, 4.69) is 5.10 Å². The molecule has 1 aromatic heterocycles. The Morgan fingerprint density at radius 3 is 2.40 bits per heavy atom. The van der Waals surface area contributed by atoms with Crippen molar-refractivity contribution < 1.29 is 9.59 Å². The summed E-state index contributed by atoms with van der Waals surface area (Å²) in [6, 6.07) is 6.63. The van der Waals surface area contributed by atoms with Gasteiger partial charge in [0.1, 0.15) is 11.3 Å². The Morgan fingerprint density at radius 2 is 1.85 bits per heavy atom. The summed E-state index contributed by atoms with van der Waals surface area (Å²) >= 11 is 5.79. The van der Waals surface area contributed by atoms with Crippen LogP contribution in [0.4, 0.5) is 0 Å². The summed E-state index contributed by atoms with van der Waals surface area (Å²) in [5.41, 5.74) is 0.576. The fourth-order valence-electron chi connectivity index (χ4n) is 1.96. The van der Waals surface area contributed by atoms with Crippen LogP contribution in [0.5, 0.6) is 0 Å². The van der Waals surface area contributed by atoms with E-state index in [0.29, 0.717) is 16.4 Å². The molecule has 0 fully saturated rings. The lowest BCUT2D eigenvalue weighted by Crippen LogP contribution is -2.21. The summed E-state index contributed by atoms with van der Waals surface area (Å²) in [7, 11) is 0. The number of benzene rings is 1. The molecule has 0 spiro atoms. The largest absolute Gasteiger partial charge is 0.300 e. The molecule has 0 bridgehead atoms. The van der Waals surface area contributed by atoms with Crippen LogP contribution in [0.25, 0.3) is 5.69 Å². The first-order valence-corrected chi connectivity index (χ1v) is 6.38. The fourth-order valence-corrected chi connectivity index (χ4v) is 2.09. The Bertz CT molecular complexity index is 726. The lowest BCUT2D eigenvalue weighted by molar-refractivity contribution is -0.116. The molecule has 0 unspecified atom stereocenters. The second-order valence-electron chi connectivity index (χ2n) is 4.53. The molecule has 0 atom stereocenters. The van der Waals surface area contributed by atoms with Crippen LogP contribution in [0.3, 0.4) is 0 Å². The highest BCUT2D eigenvalue weighted by Gasteiger charge is 2.20. The second-order valence-corrected chi connectivity index (χ2v) is 4.97. The predicted molar refractivity (Wildman–Crippen MR) is 75.8 cm³/mol. The maximum Gasteiger partial charge on any atom is 0.282 e. The van der Waals surface area contributed by atoms with E-state index in [9.17, 15) is 14.4 Å². The van der Waals surface area contributed by atoms with Crippen molar-refractivity contribution in [2.75, 3.05) is 0 Å². The van der Waals surface area contributed by atoms with Crippen molar-refractivity contribution >= 4 is 23.2 Å². The van der Waals surface area contributed by atoms with Gasteiger partial charge in [-0.3, -0.25) is 19.5 Å². The first-order chi connectivity index (χ1) is 9.40. The minimum atomic E-state index is -0.469. The van der Waals surface area contributed by atoms with E-state index in [1.165, 1.54) is 11.6 Å². The van der Waals surface area contributed by atoms with Crippen LogP contribution in [0.2, 0.25) is 5.02 Å². The molecule has 0 aliphatic heterocycles. The van der Waals surface area contributed by atoms with Crippen LogP contribution in [0, 0.1) is 6.92 Å². The summed E-state index contributed by atoms with van der Waals surface area (Å²) in [6.07, 6.45) is -0.269. The van der Waals surface area contributed by atoms with Crippen molar-refractivity contribution in [2.24, 2.45) is 0 Å². The number of Topliss-reactive ketones (excluding diaryl/α,β-unsaturated/α-hetero) is 2. The molecule has 6 heteroatoms. The predicted octanol–water partition coefficient (Wildman–Crippen LogP) is 2.29. The Hall–Kier alpha value is -2.14. The molecule has 2 aromatic rings. The molecule has 0 amide bonds. The number of aromatic nitrogens is 2. The lowest BCUT2D eigenvalue weighted by atomic mass is 10.1. The van der Waals surface area contributed by atoms with Gasteiger partial charge < -0.3 is 0 Å². The minimum absolute atomic E-state index is 0.0233. The van der Waals surface area contributed by atoms with Crippen molar-refractivity contribution in [1.82, 2.24) is 9.78 Å². The standard InChI is InChI=1S/C14H13ClN2O3/c1-8(18)7-12(19)13-9(2)16-17(14(13)20)11-5-3-10(15)4-6-11/h3-6,16H,7H2,1-2H3. The van der Waals surface area contributed by atoms with Crippen LogP contribution in [0.15, 0.2) is 29.1 Å². The number of rotatable bonds is 4. The zero-order valence-electron chi connectivity index (χ0n) is 11.1. The molecule has 1 aromatic carbocycles. The Balaban J connectivity index is 2.49. The molecule has 1 N–H and O–H groups in total. The molecule has 20 heavy (non-hydrogen) atoms. The maximum absolute atomic E-state index is 12.3. The van der Waals surface area contributed by atoms with E-state index in [4.69, 9.17) is 11.6 Å². The number of nitrogens with one attached hydrogen (secondary N) is 1. The zero-order chi connectivity index (χ0) is 14.9. The third kappa shape index (κ3) is 2.72. The van der Waals surface area contributed by atoms with Crippen LogP contribution in [-0.4, -0.2) is 21.3 Å². The summed E-state index contributed by atoms with van der Waals surface area (Å²) < 4.78 is 1.26. The van der Waals surface area contributed by atoms with Crippen molar-refractivity contribution in [2.45, 2.75) is 20.3 Å². The summed E-state index contributed by atoms with van der Waals surface area (Å²) in [5.74, 6) is -0.739. The van der Waals surface area contributed by atoms with Crippen LogP contribution in [0.1, 0.15) is 29.4 Å². The molecular weight excluding hydrogens is 280 g/mol. The normalized spacial score (nSPS) is 10.6. The van der Waals surface area contributed by atoms with Crippen LogP contribution < -0.4 is 5.56 Å². The summed E-state index contributed by atoms with van der Waals surface area (Å²) in [4.78, 5) is 35.2. The van der Waals surface area contributed by atoms with E-state index in [1.54, 1.807) is 31.2 Å². The smallest absolute Gasteiger partial charge is 0.282 e.